The minimum absolute atomic E-state index is 0.156. The van der Waals surface area contributed by atoms with Crippen LogP contribution >= 0.6 is 11.6 Å². The summed E-state index contributed by atoms with van der Waals surface area (Å²) in [5.74, 6) is 0.126. The van der Waals surface area contributed by atoms with E-state index < -0.39 is 0 Å². The molecule has 0 aromatic carbocycles. The van der Waals surface area contributed by atoms with Crippen LogP contribution in [-0.2, 0) is 0 Å². The SMILES string of the molecule is O=C(c1ccc(Cl)o1)N1CCCCN1. The summed E-state index contributed by atoms with van der Waals surface area (Å²) in [6.45, 7) is 1.55. The third kappa shape index (κ3) is 1.91. The van der Waals surface area contributed by atoms with E-state index >= 15 is 0 Å². The standard InChI is InChI=1S/C9H11ClN2O2/c10-8-4-3-7(14-8)9(13)12-6-2-1-5-11-12/h3-4,11H,1-2,5-6H2. The molecule has 0 bridgehead atoms. The number of nitrogens with zero attached hydrogens (tertiary/aromatic N) is 1. The molecule has 5 heteroatoms. The van der Waals surface area contributed by atoms with Crippen LogP contribution in [0.5, 0.6) is 0 Å². The Bertz CT molecular complexity index is 331. The van der Waals surface area contributed by atoms with Gasteiger partial charge >= 0.3 is 5.91 Å². The van der Waals surface area contributed by atoms with Gasteiger partial charge in [-0.25, -0.2) is 5.43 Å². The summed E-state index contributed by atoms with van der Waals surface area (Å²) in [6.07, 6.45) is 2.12. The van der Waals surface area contributed by atoms with Gasteiger partial charge in [0.15, 0.2) is 11.0 Å². The number of carbonyl (C=O) groups excluding carboxylic acids is 1. The van der Waals surface area contributed by atoms with Crippen LogP contribution in [0.25, 0.3) is 0 Å². The number of hydrazine groups is 1. The van der Waals surface area contributed by atoms with Gasteiger partial charge in [0.25, 0.3) is 0 Å². The first-order valence-electron chi connectivity index (χ1n) is 4.58. The first-order chi connectivity index (χ1) is 6.77. The molecule has 0 saturated carbocycles. The van der Waals surface area contributed by atoms with E-state index in [9.17, 15) is 4.79 Å². The Kier molecular flexibility index (Phi) is 2.74. The smallest absolute Gasteiger partial charge is 0.303 e. The molecule has 0 atom stereocenters. The summed E-state index contributed by atoms with van der Waals surface area (Å²) in [5, 5.41) is 1.81. The van der Waals surface area contributed by atoms with Crippen molar-refractivity contribution in [1.82, 2.24) is 10.4 Å². The first-order valence-corrected chi connectivity index (χ1v) is 4.96. The number of amides is 1. The molecule has 0 aliphatic carbocycles. The van der Waals surface area contributed by atoms with Crippen molar-refractivity contribution in [3.8, 4) is 0 Å². The van der Waals surface area contributed by atoms with E-state index in [2.05, 4.69) is 5.43 Å². The first kappa shape index (κ1) is 9.55. The summed E-state index contributed by atoms with van der Waals surface area (Å²) < 4.78 is 5.03. The number of rotatable bonds is 1. The van der Waals surface area contributed by atoms with Gasteiger partial charge in [-0.15, -0.1) is 0 Å². The Morgan fingerprint density at radius 1 is 1.50 bits per heavy atom. The van der Waals surface area contributed by atoms with E-state index in [1.165, 1.54) is 0 Å². The van der Waals surface area contributed by atoms with Crippen LogP contribution in [0.15, 0.2) is 16.5 Å². The third-order valence-corrected chi connectivity index (χ3v) is 2.34. The molecule has 4 nitrogen and oxygen atoms in total. The average Bonchev–Trinajstić information content (AvgIpc) is 2.65. The van der Waals surface area contributed by atoms with Crippen molar-refractivity contribution in [3.63, 3.8) is 0 Å². The van der Waals surface area contributed by atoms with Crippen molar-refractivity contribution in [2.75, 3.05) is 13.1 Å². The third-order valence-electron chi connectivity index (χ3n) is 2.14. The molecule has 0 unspecified atom stereocenters. The Balaban J connectivity index is 2.07. The number of carbonyl (C=O) groups is 1. The van der Waals surface area contributed by atoms with Crippen LogP contribution in [0.2, 0.25) is 5.22 Å². The summed E-state index contributed by atoms with van der Waals surface area (Å²) in [6, 6.07) is 3.15. The second-order valence-corrected chi connectivity index (χ2v) is 3.55. The van der Waals surface area contributed by atoms with E-state index in [-0.39, 0.29) is 16.9 Å². The number of hydrogen-bond acceptors (Lipinski definition) is 3. The normalized spacial score (nSPS) is 17.1. The number of halogens is 1. The Morgan fingerprint density at radius 3 is 2.93 bits per heavy atom. The highest BCUT2D eigenvalue weighted by molar-refractivity contribution is 6.29. The van der Waals surface area contributed by atoms with Crippen LogP contribution < -0.4 is 5.43 Å². The lowest BCUT2D eigenvalue weighted by Gasteiger charge is -2.26. The van der Waals surface area contributed by atoms with Crippen molar-refractivity contribution in [3.05, 3.63) is 23.1 Å². The van der Waals surface area contributed by atoms with Crippen molar-refractivity contribution in [2.45, 2.75) is 12.8 Å². The average molecular weight is 215 g/mol. The molecule has 1 N–H and O–H groups in total. The van der Waals surface area contributed by atoms with Gasteiger partial charge in [-0.1, -0.05) is 0 Å². The van der Waals surface area contributed by atoms with Gasteiger partial charge in [-0.3, -0.25) is 9.80 Å². The van der Waals surface area contributed by atoms with Crippen LogP contribution in [0.3, 0.4) is 0 Å². The minimum atomic E-state index is -0.156. The monoisotopic (exact) mass is 214 g/mol. The highest BCUT2D eigenvalue weighted by Crippen LogP contribution is 2.15. The van der Waals surface area contributed by atoms with Gasteiger partial charge in [-0.05, 0) is 36.6 Å². The summed E-state index contributed by atoms with van der Waals surface area (Å²) in [7, 11) is 0. The maximum atomic E-state index is 11.7. The van der Waals surface area contributed by atoms with Gasteiger partial charge in [0.1, 0.15) is 0 Å². The van der Waals surface area contributed by atoms with Gasteiger partial charge in [0.05, 0.1) is 0 Å². The molecule has 2 heterocycles. The number of hydrogen-bond donors (Lipinski definition) is 1. The molecule has 1 aromatic heterocycles. The lowest BCUT2D eigenvalue weighted by molar-refractivity contribution is 0.0578. The second-order valence-electron chi connectivity index (χ2n) is 3.18. The fraction of sp³-hybridized carbons (Fsp3) is 0.444. The number of nitrogens with one attached hydrogen (secondary N) is 1. The minimum Gasteiger partial charge on any atom is -0.439 e. The molecule has 1 aliphatic heterocycles. The molecule has 1 aliphatic rings. The quantitative estimate of drug-likeness (QED) is 0.774. The molecular formula is C9H11ClN2O2. The predicted molar refractivity (Wildman–Crippen MR) is 52.0 cm³/mol. The fourth-order valence-corrected chi connectivity index (χ4v) is 1.57. The largest absolute Gasteiger partial charge is 0.439 e. The molecular weight excluding hydrogens is 204 g/mol. The van der Waals surface area contributed by atoms with Crippen molar-refractivity contribution >= 4 is 17.5 Å². The highest BCUT2D eigenvalue weighted by Gasteiger charge is 2.20. The summed E-state index contributed by atoms with van der Waals surface area (Å²) in [5.41, 5.74) is 3.01. The van der Waals surface area contributed by atoms with Gasteiger partial charge in [-0.2, -0.15) is 0 Å². The van der Waals surface area contributed by atoms with E-state index in [0.29, 0.717) is 0 Å². The molecule has 14 heavy (non-hydrogen) atoms. The Labute approximate surface area is 86.8 Å². The Morgan fingerprint density at radius 2 is 2.36 bits per heavy atom. The van der Waals surface area contributed by atoms with E-state index in [0.717, 1.165) is 25.9 Å². The van der Waals surface area contributed by atoms with Gasteiger partial charge < -0.3 is 4.42 Å². The molecule has 1 saturated heterocycles. The second kappa shape index (κ2) is 4.02. The lowest BCUT2D eigenvalue weighted by atomic mass is 10.2. The van der Waals surface area contributed by atoms with E-state index in [1.807, 2.05) is 0 Å². The van der Waals surface area contributed by atoms with Crippen LogP contribution in [0.4, 0.5) is 0 Å². The molecule has 1 fully saturated rings. The van der Waals surface area contributed by atoms with E-state index in [1.54, 1.807) is 17.1 Å². The Hall–Kier alpha value is -1.00. The molecule has 1 amide bonds. The van der Waals surface area contributed by atoms with Crippen molar-refractivity contribution in [1.29, 1.82) is 0 Å². The van der Waals surface area contributed by atoms with Gasteiger partial charge in [0, 0.05) is 13.1 Å². The van der Waals surface area contributed by atoms with Crippen molar-refractivity contribution < 1.29 is 9.21 Å². The highest BCUT2D eigenvalue weighted by atomic mass is 35.5. The van der Waals surface area contributed by atoms with Crippen LogP contribution in [-0.4, -0.2) is 24.0 Å². The van der Waals surface area contributed by atoms with Gasteiger partial charge in [0.2, 0.25) is 0 Å². The summed E-state index contributed by atoms with van der Waals surface area (Å²) >= 11 is 5.59. The molecule has 0 spiro atoms. The maximum absolute atomic E-state index is 11.7. The van der Waals surface area contributed by atoms with E-state index in [4.69, 9.17) is 16.0 Å². The predicted octanol–water partition coefficient (Wildman–Crippen LogP) is 1.67. The zero-order valence-corrected chi connectivity index (χ0v) is 8.38. The lowest BCUT2D eigenvalue weighted by Crippen LogP contribution is -2.46. The molecule has 76 valence electrons. The van der Waals surface area contributed by atoms with Crippen LogP contribution in [0, 0.1) is 0 Å². The van der Waals surface area contributed by atoms with Crippen molar-refractivity contribution in [2.24, 2.45) is 0 Å². The molecule has 2 rings (SSSR count). The molecule has 1 aromatic rings. The summed E-state index contributed by atoms with van der Waals surface area (Å²) in [4.78, 5) is 11.7. The molecule has 0 radical (unpaired) electrons. The zero-order chi connectivity index (χ0) is 9.97. The zero-order valence-electron chi connectivity index (χ0n) is 7.62. The fourth-order valence-electron chi connectivity index (χ4n) is 1.42. The topological polar surface area (TPSA) is 45.5 Å². The number of furan rings is 1. The maximum Gasteiger partial charge on any atom is 0.303 e. The van der Waals surface area contributed by atoms with Crippen LogP contribution in [0.1, 0.15) is 23.4 Å².